The van der Waals surface area contributed by atoms with Crippen LogP contribution in [0, 0.1) is 5.92 Å². The van der Waals surface area contributed by atoms with Crippen LogP contribution in [-0.2, 0) is 9.53 Å². The number of benzene rings is 1. The number of hydrogen-bond donors (Lipinski definition) is 1. The summed E-state index contributed by atoms with van der Waals surface area (Å²) in [6, 6.07) is 10.7. The van der Waals surface area contributed by atoms with Crippen LogP contribution in [0.4, 0.5) is 0 Å². The number of nitrogens with zero attached hydrogens (tertiary/aromatic N) is 1. The fourth-order valence-corrected chi connectivity index (χ4v) is 2.86. The Kier molecular flexibility index (Phi) is 5.40. The quantitative estimate of drug-likeness (QED) is 0.813. The highest BCUT2D eigenvalue weighted by molar-refractivity contribution is 6.01. The van der Waals surface area contributed by atoms with Crippen LogP contribution in [0.15, 0.2) is 42.6 Å². The van der Waals surface area contributed by atoms with Crippen LogP contribution in [0.5, 0.6) is 5.75 Å². The van der Waals surface area contributed by atoms with Gasteiger partial charge in [-0.3, -0.25) is 9.78 Å². The fraction of sp³-hybridized carbons (Fsp3) is 0.316. The van der Waals surface area contributed by atoms with Crippen LogP contribution in [-0.4, -0.2) is 41.7 Å². The van der Waals surface area contributed by atoms with E-state index >= 15 is 0 Å². The van der Waals surface area contributed by atoms with Crippen molar-refractivity contribution < 1.29 is 24.2 Å². The number of aliphatic carboxylic acids is 1. The molecule has 1 aromatic heterocycles. The van der Waals surface area contributed by atoms with Gasteiger partial charge < -0.3 is 14.6 Å². The Morgan fingerprint density at radius 2 is 2.00 bits per heavy atom. The Hall–Kier alpha value is -2.73. The van der Waals surface area contributed by atoms with Gasteiger partial charge in [-0.1, -0.05) is 6.07 Å². The van der Waals surface area contributed by atoms with Gasteiger partial charge in [0.1, 0.15) is 5.75 Å². The molecule has 0 amide bonds. The number of carboxylic acid groups (broad SMARTS) is 1. The van der Waals surface area contributed by atoms with E-state index in [9.17, 15) is 9.59 Å². The summed E-state index contributed by atoms with van der Waals surface area (Å²) in [7, 11) is 0. The number of carboxylic acids is 1. The van der Waals surface area contributed by atoms with Crippen LogP contribution in [0.25, 0.3) is 11.3 Å². The van der Waals surface area contributed by atoms with Gasteiger partial charge in [-0.2, -0.15) is 0 Å². The standard InChI is InChI=1S/C19H19NO5/c21-18(22)12-25-17-5-4-14(16-3-1-2-8-20-16)11-15(17)19(23)13-6-9-24-10-7-13/h1-5,8,11,13H,6-7,9-10,12H2,(H,21,22). The molecule has 1 N–H and O–H groups in total. The van der Waals surface area contributed by atoms with E-state index in [2.05, 4.69) is 4.98 Å². The van der Waals surface area contributed by atoms with Crippen molar-refractivity contribution in [2.24, 2.45) is 5.92 Å². The molecule has 0 unspecified atom stereocenters. The molecule has 3 rings (SSSR count). The van der Waals surface area contributed by atoms with Gasteiger partial charge >= 0.3 is 5.97 Å². The summed E-state index contributed by atoms with van der Waals surface area (Å²) in [5, 5.41) is 8.85. The fourth-order valence-electron chi connectivity index (χ4n) is 2.86. The molecule has 6 nitrogen and oxygen atoms in total. The lowest BCUT2D eigenvalue weighted by Gasteiger charge is -2.22. The summed E-state index contributed by atoms with van der Waals surface area (Å²) in [6.45, 7) is 0.625. The Bertz CT molecular complexity index is 754. The molecular weight excluding hydrogens is 322 g/mol. The lowest BCUT2D eigenvalue weighted by Crippen LogP contribution is -2.24. The second kappa shape index (κ2) is 7.90. The number of ketones is 1. The first-order valence-electron chi connectivity index (χ1n) is 8.17. The lowest BCUT2D eigenvalue weighted by atomic mass is 9.89. The number of carbonyl (C=O) groups is 2. The monoisotopic (exact) mass is 341 g/mol. The third kappa shape index (κ3) is 4.22. The van der Waals surface area contributed by atoms with E-state index in [-0.39, 0.29) is 11.7 Å². The smallest absolute Gasteiger partial charge is 0.341 e. The molecule has 1 aliphatic rings. The van der Waals surface area contributed by atoms with Gasteiger partial charge in [0.15, 0.2) is 12.4 Å². The van der Waals surface area contributed by atoms with Gasteiger partial charge in [-0.15, -0.1) is 0 Å². The first kappa shape index (κ1) is 17.1. The van der Waals surface area contributed by atoms with E-state index in [4.69, 9.17) is 14.6 Å². The van der Waals surface area contributed by atoms with Gasteiger partial charge in [0.2, 0.25) is 0 Å². The molecule has 1 aliphatic heterocycles. The second-order valence-corrected chi connectivity index (χ2v) is 5.86. The molecule has 1 aromatic carbocycles. The van der Waals surface area contributed by atoms with E-state index in [1.807, 2.05) is 18.2 Å². The van der Waals surface area contributed by atoms with E-state index < -0.39 is 12.6 Å². The molecule has 0 spiro atoms. The number of pyridine rings is 1. The summed E-state index contributed by atoms with van der Waals surface area (Å²) in [6.07, 6.45) is 3.00. The van der Waals surface area contributed by atoms with Gasteiger partial charge in [0.25, 0.3) is 0 Å². The van der Waals surface area contributed by atoms with Gasteiger partial charge in [-0.25, -0.2) is 4.79 Å². The summed E-state index contributed by atoms with van der Waals surface area (Å²) < 4.78 is 10.6. The van der Waals surface area contributed by atoms with Crippen molar-refractivity contribution in [1.82, 2.24) is 4.98 Å². The van der Waals surface area contributed by atoms with Crippen LogP contribution in [0.2, 0.25) is 0 Å². The average molecular weight is 341 g/mol. The SMILES string of the molecule is O=C(O)COc1ccc(-c2ccccn2)cc1C(=O)C1CCOCC1. The van der Waals surface area contributed by atoms with Crippen LogP contribution in [0.3, 0.4) is 0 Å². The molecule has 0 bridgehead atoms. The molecule has 2 heterocycles. The van der Waals surface area contributed by atoms with E-state index in [1.165, 1.54) is 0 Å². The van der Waals surface area contributed by atoms with Crippen molar-refractivity contribution >= 4 is 11.8 Å². The molecule has 130 valence electrons. The number of rotatable bonds is 6. The molecule has 0 radical (unpaired) electrons. The highest BCUT2D eigenvalue weighted by Gasteiger charge is 2.26. The number of ether oxygens (including phenoxy) is 2. The Balaban J connectivity index is 1.95. The molecule has 2 aromatic rings. The normalized spacial score (nSPS) is 14.9. The highest BCUT2D eigenvalue weighted by atomic mass is 16.5. The summed E-state index contributed by atoms with van der Waals surface area (Å²) in [4.78, 5) is 28.1. The zero-order valence-electron chi connectivity index (χ0n) is 13.7. The van der Waals surface area contributed by atoms with Gasteiger partial charge in [-0.05, 0) is 43.2 Å². The molecule has 1 saturated heterocycles. The topological polar surface area (TPSA) is 85.7 Å². The predicted molar refractivity (Wildman–Crippen MR) is 90.7 cm³/mol. The maximum Gasteiger partial charge on any atom is 0.341 e. The van der Waals surface area contributed by atoms with Crippen LogP contribution >= 0.6 is 0 Å². The van der Waals surface area contributed by atoms with Crippen molar-refractivity contribution in [3.05, 3.63) is 48.2 Å². The Morgan fingerprint density at radius 3 is 2.68 bits per heavy atom. The minimum Gasteiger partial charge on any atom is -0.481 e. The van der Waals surface area contributed by atoms with Crippen molar-refractivity contribution in [2.45, 2.75) is 12.8 Å². The molecule has 1 fully saturated rings. The van der Waals surface area contributed by atoms with E-state index in [0.717, 1.165) is 11.3 Å². The zero-order valence-corrected chi connectivity index (χ0v) is 13.7. The van der Waals surface area contributed by atoms with Crippen molar-refractivity contribution in [3.63, 3.8) is 0 Å². The predicted octanol–water partition coefficient (Wildman–Crippen LogP) is 2.82. The lowest BCUT2D eigenvalue weighted by molar-refractivity contribution is -0.139. The largest absolute Gasteiger partial charge is 0.481 e. The number of carbonyl (C=O) groups excluding carboxylic acids is 1. The number of Topliss-reactive ketones (excluding diaryl/α,β-unsaturated/α-hetero) is 1. The third-order valence-electron chi connectivity index (χ3n) is 4.15. The van der Waals surface area contributed by atoms with Crippen molar-refractivity contribution in [1.29, 1.82) is 0 Å². The van der Waals surface area contributed by atoms with Crippen LogP contribution in [0.1, 0.15) is 23.2 Å². The maximum atomic E-state index is 12.9. The average Bonchev–Trinajstić information content (AvgIpc) is 2.67. The zero-order chi connectivity index (χ0) is 17.6. The molecule has 25 heavy (non-hydrogen) atoms. The van der Waals surface area contributed by atoms with E-state index in [1.54, 1.807) is 24.4 Å². The molecule has 0 saturated carbocycles. The maximum absolute atomic E-state index is 12.9. The third-order valence-corrected chi connectivity index (χ3v) is 4.15. The highest BCUT2D eigenvalue weighted by Crippen LogP contribution is 2.30. The number of hydrogen-bond acceptors (Lipinski definition) is 5. The Morgan fingerprint density at radius 1 is 1.20 bits per heavy atom. The summed E-state index contributed by atoms with van der Waals surface area (Å²) >= 11 is 0. The molecule has 6 heteroatoms. The van der Waals surface area contributed by atoms with Crippen molar-refractivity contribution in [2.75, 3.05) is 19.8 Å². The minimum absolute atomic E-state index is 0.0403. The second-order valence-electron chi connectivity index (χ2n) is 5.86. The van der Waals surface area contributed by atoms with Crippen LogP contribution < -0.4 is 4.74 Å². The molecular formula is C19H19NO5. The molecule has 0 aliphatic carbocycles. The van der Waals surface area contributed by atoms with Crippen molar-refractivity contribution in [3.8, 4) is 17.0 Å². The summed E-state index contributed by atoms with van der Waals surface area (Å²) in [5.41, 5.74) is 1.93. The van der Waals surface area contributed by atoms with Gasteiger partial charge in [0.05, 0.1) is 11.3 Å². The first-order valence-corrected chi connectivity index (χ1v) is 8.17. The summed E-state index contributed by atoms with van der Waals surface area (Å²) in [5.74, 6) is -0.974. The molecule has 0 atom stereocenters. The number of aromatic nitrogens is 1. The van der Waals surface area contributed by atoms with Gasteiger partial charge in [0, 0.05) is 30.9 Å². The van der Waals surface area contributed by atoms with E-state index in [0.29, 0.717) is 37.4 Å². The minimum atomic E-state index is -1.08. The Labute approximate surface area is 145 Å². The first-order chi connectivity index (χ1) is 12.1.